The molecule has 0 saturated carbocycles. The van der Waals surface area contributed by atoms with Crippen molar-refractivity contribution >= 4 is 5.91 Å². The molecule has 0 aliphatic rings. The van der Waals surface area contributed by atoms with Gasteiger partial charge in [-0.15, -0.1) is 0 Å². The van der Waals surface area contributed by atoms with Crippen LogP contribution in [-0.2, 0) is 9.53 Å². The van der Waals surface area contributed by atoms with E-state index >= 15 is 0 Å². The van der Waals surface area contributed by atoms with Gasteiger partial charge in [0.15, 0.2) is 0 Å². The molecule has 0 saturated heterocycles. The number of nitrogens with two attached hydrogens (primary N) is 1. The molecule has 0 aromatic carbocycles. The van der Waals surface area contributed by atoms with Crippen LogP contribution in [-0.4, -0.2) is 43.9 Å². The monoisotopic (exact) mass is 220 g/mol. The Morgan fingerprint density at radius 1 is 1.33 bits per heavy atom. The second-order valence-electron chi connectivity index (χ2n) is 2.62. The Labute approximate surface area is 92.0 Å². The standard InChI is InChI=1S/C8H18N2O3.C2H6/c9-3-1-5-13-6-2-4-10-8(12)7-11;1-2/h11H,1-7,9H2,(H,10,12);1-2H3. The van der Waals surface area contributed by atoms with Gasteiger partial charge in [0, 0.05) is 19.8 Å². The molecule has 92 valence electrons. The van der Waals surface area contributed by atoms with Crippen molar-refractivity contribution in [3.63, 3.8) is 0 Å². The van der Waals surface area contributed by atoms with Gasteiger partial charge in [-0.2, -0.15) is 0 Å². The number of nitrogens with one attached hydrogen (secondary N) is 1. The van der Waals surface area contributed by atoms with E-state index in [9.17, 15) is 4.79 Å². The van der Waals surface area contributed by atoms with Crippen molar-refractivity contribution in [3.05, 3.63) is 0 Å². The predicted octanol–water partition coefficient (Wildman–Crippen LogP) is -0.123. The lowest BCUT2D eigenvalue weighted by molar-refractivity contribution is -0.123. The Bertz CT molecular complexity index is 132. The fraction of sp³-hybridized carbons (Fsp3) is 0.900. The van der Waals surface area contributed by atoms with Crippen molar-refractivity contribution in [2.75, 3.05) is 32.9 Å². The third kappa shape index (κ3) is 16.1. The average molecular weight is 220 g/mol. The summed E-state index contributed by atoms with van der Waals surface area (Å²) in [6.45, 7) is 6.02. The molecule has 0 atom stereocenters. The van der Waals surface area contributed by atoms with E-state index in [1.807, 2.05) is 13.8 Å². The SMILES string of the molecule is CC.NCCCOCCCNC(=O)CO. The number of amides is 1. The zero-order chi connectivity index (χ0) is 11.9. The van der Waals surface area contributed by atoms with Gasteiger partial charge in [0.1, 0.15) is 6.61 Å². The van der Waals surface area contributed by atoms with E-state index in [4.69, 9.17) is 15.6 Å². The van der Waals surface area contributed by atoms with E-state index in [0.717, 1.165) is 12.8 Å². The minimum absolute atomic E-state index is 0.345. The van der Waals surface area contributed by atoms with Crippen LogP contribution in [0.5, 0.6) is 0 Å². The quantitative estimate of drug-likeness (QED) is 0.498. The summed E-state index contributed by atoms with van der Waals surface area (Å²) in [5.74, 6) is -0.345. The fourth-order valence-corrected chi connectivity index (χ4v) is 0.745. The lowest BCUT2D eigenvalue weighted by Gasteiger charge is -2.04. The molecule has 0 fully saturated rings. The summed E-state index contributed by atoms with van der Waals surface area (Å²) in [6, 6.07) is 0. The third-order valence-electron chi connectivity index (χ3n) is 1.42. The molecule has 0 aromatic rings. The number of hydrogen-bond donors (Lipinski definition) is 3. The molecular formula is C10H24N2O3. The lowest BCUT2D eigenvalue weighted by Crippen LogP contribution is -2.27. The van der Waals surface area contributed by atoms with Crippen LogP contribution in [0.25, 0.3) is 0 Å². The first-order valence-corrected chi connectivity index (χ1v) is 5.46. The highest BCUT2D eigenvalue weighted by molar-refractivity contribution is 5.76. The van der Waals surface area contributed by atoms with E-state index in [2.05, 4.69) is 5.32 Å². The van der Waals surface area contributed by atoms with Crippen molar-refractivity contribution < 1.29 is 14.6 Å². The Morgan fingerprint density at radius 2 is 1.93 bits per heavy atom. The number of carbonyl (C=O) groups is 1. The van der Waals surface area contributed by atoms with Crippen LogP contribution >= 0.6 is 0 Å². The molecule has 0 aromatic heterocycles. The second-order valence-corrected chi connectivity index (χ2v) is 2.62. The second kappa shape index (κ2) is 15.8. The van der Waals surface area contributed by atoms with E-state index < -0.39 is 6.61 Å². The van der Waals surface area contributed by atoms with Crippen LogP contribution in [0.2, 0.25) is 0 Å². The first-order valence-electron chi connectivity index (χ1n) is 5.46. The summed E-state index contributed by atoms with van der Waals surface area (Å²) >= 11 is 0. The minimum Gasteiger partial charge on any atom is -0.387 e. The Hall–Kier alpha value is -0.650. The summed E-state index contributed by atoms with van der Waals surface area (Å²) in [4.78, 5) is 10.5. The molecule has 5 nitrogen and oxygen atoms in total. The van der Waals surface area contributed by atoms with Crippen molar-refractivity contribution in [1.82, 2.24) is 5.32 Å². The van der Waals surface area contributed by atoms with Crippen LogP contribution in [0.4, 0.5) is 0 Å². The number of carbonyl (C=O) groups excluding carboxylic acids is 1. The zero-order valence-electron chi connectivity index (χ0n) is 9.79. The van der Waals surface area contributed by atoms with Crippen LogP contribution in [0, 0.1) is 0 Å². The van der Waals surface area contributed by atoms with Crippen molar-refractivity contribution in [2.24, 2.45) is 5.73 Å². The van der Waals surface area contributed by atoms with Crippen LogP contribution < -0.4 is 11.1 Å². The summed E-state index contributed by atoms with van der Waals surface area (Å²) in [5.41, 5.74) is 5.26. The van der Waals surface area contributed by atoms with E-state index in [1.165, 1.54) is 0 Å². The van der Waals surface area contributed by atoms with Gasteiger partial charge in [0.2, 0.25) is 5.91 Å². The molecule has 0 rings (SSSR count). The molecule has 5 heteroatoms. The largest absolute Gasteiger partial charge is 0.387 e. The maximum atomic E-state index is 10.5. The fourth-order valence-electron chi connectivity index (χ4n) is 0.745. The summed E-state index contributed by atoms with van der Waals surface area (Å²) in [7, 11) is 0. The minimum atomic E-state index is -0.450. The molecule has 0 bridgehead atoms. The van der Waals surface area contributed by atoms with Gasteiger partial charge in [-0.25, -0.2) is 0 Å². The lowest BCUT2D eigenvalue weighted by atomic mass is 10.4. The molecule has 0 spiro atoms. The van der Waals surface area contributed by atoms with Crippen molar-refractivity contribution in [2.45, 2.75) is 26.7 Å². The zero-order valence-corrected chi connectivity index (χ0v) is 9.79. The average Bonchev–Trinajstić information content (AvgIpc) is 2.30. The van der Waals surface area contributed by atoms with Gasteiger partial charge in [0.05, 0.1) is 0 Å². The molecule has 1 amide bonds. The first-order chi connectivity index (χ1) is 7.31. The number of aliphatic hydroxyl groups excluding tert-OH is 1. The van der Waals surface area contributed by atoms with Gasteiger partial charge < -0.3 is 20.9 Å². The highest BCUT2D eigenvalue weighted by Gasteiger charge is 1.95. The molecule has 0 heterocycles. The highest BCUT2D eigenvalue weighted by atomic mass is 16.5. The third-order valence-corrected chi connectivity index (χ3v) is 1.42. The molecule has 0 aliphatic heterocycles. The van der Waals surface area contributed by atoms with Crippen LogP contribution in [0.3, 0.4) is 0 Å². The highest BCUT2D eigenvalue weighted by Crippen LogP contribution is 1.83. The van der Waals surface area contributed by atoms with E-state index in [1.54, 1.807) is 0 Å². The Kier molecular flexibility index (Phi) is 17.7. The van der Waals surface area contributed by atoms with Gasteiger partial charge in [-0.05, 0) is 19.4 Å². The van der Waals surface area contributed by atoms with Crippen molar-refractivity contribution in [3.8, 4) is 0 Å². The number of ether oxygens (including phenoxy) is 1. The van der Waals surface area contributed by atoms with Gasteiger partial charge >= 0.3 is 0 Å². The normalized spacial score (nSPS) is 9.07. The van der Waals surface area contributed by atoms with Gasteiger partial charge in [-0.1, -0.05) is 13.8 Å². The van der Waals surface area contributed by atoms with Crippen LogP contribution in [0.1, 0.15) is 26.7 Å². The van der Waals surface area contributed by atoms with Crippen molar-refractivity contribution in [1.29, 1.82) is 0 Å². The molecule has 15 heavy (non-hydrogen) atoms. The first kappa shape index (κ1) is 16.8. The summed E-state index contributed by atoms with van der Waals surface area (Å²) in [6.07, 6.45) is 1.62. The molecule has 0 radical (unpaired) electrons. The van der Waals surface area contributed by atoms with Crippen LogP contribution in [0.15, 0.2) is 0 Å². The number of rotatable bonds is 8. The topological polar surface area (TPSA) is 84.6 Å². The van der Waals surface area contributed by atoms with E-state index in [-0.39, 0.29) is 5.91 Å². The summed E-state index contributed by atoms with van der Waals surface area (Å²) in [5, 5.41) is 10.9. The maximum absolute atomic E-state index is 10.5. The molecule has 0 aliphatic carbocycles. The number of aliphatic hydroxyl groups is 1. The molecule has 4 N–H and O–H groups in total. The number of hydrogen-bond acceptors (Lipinski definition) is 4. The van der Waals surface area contributed by atoms with Gasteiger partial charge in [-0.3, -0.25) is 4.79 Å². The smallest absolute Gasteiger partial charge is 0.245 e. The molecular weight excluding hydrogens is 196 g/mol. The van der Waals surface area contributed by atoms with E-state index in [0.29, 0.717) is 26.3 Å². The maximum Gasteiger partial charge on any atom is 0.245 e. The Morgan fingerprint density at radius 3 is 2.47 bits per heavy atom. The predicted molar refractivity (Wildman–Crippen MR) is 60.6 cm³/mol. The Balaban J connectivity index is 0. The van der Waals surface area contributed by atoms with Gasteiger partial charge in [0.25, 0.3) is 0 Å². The molecule has 0 unspecified atom stereocenters. The summed E-state index contributed by atoms with van der Waals surface area (Å²) < 4.78 is 5.20.